The number of nitrogens with zero attached hydrogens (tertiary/aromatic N) is 1. The number of anilines is 1. The first kappa shape index (κ1) is 21.0. The average molecular weight is 397 g/mol. The number of ether oxygens (including phenoxy) is 2. The highest BCUT2D eigenvalue weighted by molar-refractivity contribution is 5.79. The molecule has 1 aliphatic rings. The molecule has 0 atom stereocenters. The van der Waals surface area contributed by atoms with Crippen molar-refractivity contribution in [3.8, 4) is 11.5 Å². The zero-order valence-corrected chi connectivity index (χ0v) is 17.9. The molecule has 2 aromatic carbocycles. The fourth-order valence-corrected chi connectivity index (χ4v) is 3.66. The predicted octanol–water partition coefficient (Wildman–Crippen LogP) is 4.32. The van der Waals surface area contributed by atoms with Crippen LogP contribution in [0.4, 0.5) is 5.69 Å². The average Bonchev–Trinajstić information content (AvgIpc) is 2.73. The Morgan fingerprint density at radius 2 is 1.79 bits per heavy atom. The SMILES string of the molecule is COc1cc(CNC(=O)C2CCN(c3ccc(C)cc3)CC2)ccc1OC(C)C. The van der Waals surface area contributed by atoms with E-state index in [1.165, 1.54) is 11.3 Å². The van der Waals surface area contributed by atoms with Crippen molar-refractivity contribution < 1.29 is 14.3 Å². The minimum atomic E-state index is 0.0714. The Balaban J connectivity index is 1.50. The summed E-state index contributed by atoms with van der Waals surface area (Å²) in [6.07, 6.45) is 1.84. The first-order chi connectivity index (χ1) is 14.0. The molecule has 2 aromatic rings. The number of hydrogen-bond donors (Lipinski definition) is 1. The van der Waals surface area contributed by atoms with Gasteiger partial charge >= 0.3 is 0 Å². The van der Waals surface area contributed by atoms with Crippen LogP contribution in [0.2, 0.25) is 0 Å². The predicted molar refractivity (Wildman–Crippen MR) is 117 cm³/mol. The Bertz CT molecular complexity index is 809. The van der Waals surface area contributed by atoms with Crippen molar-refractivity contribution in [3.63, 3.8) is 0 Å². The van der Waals surface area contributed by atoms with Gasteiger partial charge in [-0.3, -0.25) is 4.79 Å². The van der Waals surface area contributed by atoms with Gasteiger partial charge in [0.1, 0.15) is 0 Å². The van der Waals surface area contributed by atoms with Gasteiger partial charge in [0.05, 0.1) is 13.2 Å². The second-order valence-corrected chi connectivity index (χ2v) is 7.97. The summed E-state index contributed by atoms with van der Waals surface area (Å²) in [6, 6.07) is 14.4. The molecule has 0 aliphatic carbocycles. The summed E-state index contributed by atoms with van der Waals surface area (Å²) >= 11 is 0. The van der Waals surface area contributed by atoms with E-state index in [1.54, 1.807) is 7.11 Å². The van der Waals surface area contributed by atoms with Gasteiger partial charge in [-0.15, -0.1) is 0 Å². The normalized spacial score (nSPS) is 14.7. The van der Waals surface area contributed by atoms with E-state index in [9.17, 15) is 4.79 Å². The Morgan fingerprint density at radius 1 is 1.10 bits per heavy atom. The molecule has 0 radical (unpaired) electrons. The van der Waals surface area contributed by atoms with Crippen molar-refractivity contribution in [1.82, 2.24) is 5.32 Å². The summed E-state index contributed by atoms with van der Waals surface area (Å²) < 4.78 is 11.2. The second-order valence-electron chi connectivity index (χ2n) is 7.97. The van der Waals surface area contributed by atoms with Crippen LogP contribution in [-0.2, 0) is 11.3 Å². The zero-order chi connectivity index (χ0) is 20.8. The molecule has 0 spiro atoms. The number of amides is 1. The van der Waals surface area contributed by atoms with Crippen LogP contribution in [0.15, 0.2) is 42.5 Å². The highest BCUT2D eigenvalue weighted by Gasteiger charge is 2.25. The van der Waals surface area contributed by atoms with Crippen LogP contribution < -0.4 is 19.7 Å². The number of nitrogens with one attached hydrogen (secondary N) is 1. The summed E-state index contributed by atoms with van der Waals surface area (Å²) in [5, 5.41) is 3.09. The Morgan fingerprint density at radius 3 is 2.41 bits per heavy atom. The maximum Gasteiger partial charge on any atom is 0.223 e. The monoisotopic (exact) mass is 396 g/mol. The first-order valence-corrected chi connectivity index (χ1v) is 10.4. The summed E-state index contributed by atoms with van der Waals surface area (Å²) in [5.74, 6) is 1.62. The third-order valence-electron chi connectivity index (χ3n) is 5.32. The molecular formula is C24H32N2O3. The van der Waals surface area contributed by atoms with Crippen molar-refractivity contribution >= 4 is 11.6 Å². The number of benzene rings is 2. The quantitative estimate of drug-likeness (QED) is 0.757. The topological polar surface area (TPSA) is 50.8 Å². The van der Waals surface area contributed by atoms with E-state index < -0.39 is 0 Å². The molecule has 156 valence electrons. The highest BCUT2D eigenvalue weighted by Crippen LogP contribution is 2.29. The Hall–Kier alpha value is -2.69. The fraction of sp³-hybridized carbons (Fsp3) is 0.458. The van der Waals surface area contributed by atoms with E-state index in [2.05, 4.69) is 41.4 Å². The summed E-state index contributed by atoms with van der Waals surface area (Å²) in [5.41, 5.74) is 3.51. The largest absolute Gasteiger partial charge is 0.493 e. The van der Waals surface area contributed by atoms with E-state index in [1.807, 2.05) is 32.0 Å². The number of aryl methyl sites for hydroxylation is 1. The lowest BCUT2D eigenvalue weighted by Gasteiger charge is -2.33. The smallest absolute Gasteiger partial charge is 0.223 e. The van der Waals surface area contributed by atoms with Crippen molar-refractivity contribution in [2.75, 3.05) is 25.1 Å². The molecule has 3 rings (SSSR count). The maximum absolute atomic E-state index is 12.6. The maximum atomic E-state index is 12.6. The number of carbonyl (C=O) groups is 1. The summed E-state index contributed by atoms with van der Waals surface area (Å²) in [6.45, 7) is 8.39. The van der Waals surface area contributed by atoms with Gasteiger partial charge in [0, 0.05) is 31.2 Å². The summed E-state index contributed by atoms with van der Waals surface area (Å²) in [4.78, 5) is 15.0. The van der Waals surface area contributed by atoms with E-state index in [-0.39, 0.29) is 17.9 Å². The van der Waals surface area contributed by atoms with Crippen molar-refractivity contribution in [1.29, 1.82) is 0 Å². The lowest BCUT2D eigenvalue weighted by atomic mass is 9.95. The van der Waals surface area contributed by atoms with Crippen LogP contribution in [-0.4, -0.2) is 32.2 Å². The van der Waals surface area contributed by atoms with Crippen molar-refractivity contribution in [3.05, 3.63) is 53.6 Å². The minimum absolute atomic E-state index is 0.0714. The number of rotatable bonds is 7. The molecule has 1 heterocycles. The number of piperidine rings is 1. The zero-order valence-electron chi connectivity index (χ0n) is 17.9. The molecule has 1 N–H and O–H groups in total. The van der Waals surface area contributed by atoms with Gasteiger partial charge in [-0.05, 0) is 63.4 Å². The molecule has 5 heteroatoms. The molecule has 1 aliphatic heterocycles. The molecular weight excluding hydrogens is 364 g/mol. The Kier molecular flexibility index (Phi) is 7.02. The van der Waals surface area contributed by atoms with Crippen LogP contribution in [0, 0.1) is 12.8 Å². The number of methoxy groups -OCH3 is 1. The van der Waals surface area contributed by atoms with E-state index in [0.29, 0.717) is 12.3 Å². The van der Waals surface area contributed by atoms with Crippen LogP contribution in [0.1, 0.15) is 37.8 Å². The van der Waals surface area contributed by atoms with Gasteiger partial charge in [0.25, 0.3) is 0 Å². The van der Waals surface area contributed by atoms with Crippen molar-refractivity contribution in [2.24, 2.45) is 5.92 Å². The highest BCUT2D eigenvalue weighted by atomic mass is 16.5. The fourth-order valence-electron chi connectivity index (χ4n) is 3.66. The molecule has 1 fully saturated rings. The molecule has 5 nitrogen and oxygen atoms in total. The minimum Gasteiger partial charge on any atom is -0.493 e. The lowest BCUT2D eigenvalue weighted by Crippen LogP contribution is -2.40. The molecule has 0 saturated carbocycles. The van der Waals surface area contributed by atoms with Crippen molar-refractivity contribution in [2.45, 2.75) is 46.3 Å². The molecule has 1 amide bonds. The lowest BCUT2D eigenvalue weighted by molar-refractivity contribution is -0.125. The van der Waals surface area contributed by atoms with Gasteiger partial charge in [-0.2, -0.15) is 0 Å². The third kappa shape index (κ3) is 5.66. The molecule has 0 unspecified atom stereocenters. The number of carbonyl (C=O) groups excluding carboxylic acids is 1. The molecule has 29 heavy (non-hydrogen) atoms. The van der Waals surface area contributed by atoms with Crippen LogP contribution >= 0.6 is 0 Å². The molecule has 0 bridgehead atoms. The molecule has 0 aromatic heterocycles. The van der Waals surface area contributed by atoms with Crippen LogP contribution in [0.25, 0.3) is 0 Å². The van der Waals surface area contributed by atoms with Gasteiger partial charge in [0.2, 0.25) is 5.91 Å². The third-order valence-corrected chi connectivity index (χ3v) is 5.32. The van der Waals surface area contributed by atoms with Gasteiger partial charge in [-0.25, -0.2) is 0 Å². The second kappa shape index (κ2) is 9.68. The first-order valence-electron chi connectivity index (χ1n) is 10.4. The summed E-state index contributed by atoms with van der Waals surface area (Å²) in [7, 11) is 1.63. The van der Waals surface area contributed by atoms with Crippen LogP contribution in [0.5, 0.6) is 11.5 Å². The van der Waals surface area contributed by atoms with E-state index in [0.717, 1.165) is 37.2 Å². The molecule has 1 saturated heterocycles. The van der Waals surface area contributed by atoms with E-state index >= 15 is 0 Å². The number of hydrogen-bond acceptors (Lipinski definition) is 4. The van der Waals surface area contributed by atoms with Gasteiger partial charge < -0.3 is 19.7 Å². The Labute approximate surface area is 174 Å². The van der Waals surface area contributed by atoms with Gasteiger partial charge in [0.15, 0.2) is 11.5 Å². The van der Waals surface area contributed by atoms with E-state index in [4.69, 9.17) is 9.47 Å². The van der Waals surface area contributed by atoms with Crippen LogP contribution in [0.3, 0.4) is 0 Å². The standard InChI is InChI=1S/C24H32N2O3/c1-17(2)29-22-10-7-19(15-23(22)28-4)16-25-24(27)20-11-13-26(14-12-20)21-8-5-18(3)6-9-21/h5-10,15,17,20H,11-14,16H2,1-4H3,(H,25,27). The van der Waals surface area contributed by atoms with Gasteiger partial charge in [-0.1, -0.05) is 23.8 Å².